The van der Waals surface area contributed by atoms with E-state index in [4.69, 9.17) is 5.14 Å². The van der Waals surface area contributed by atoms with Crippen molar-refractivity contribution in [1.29, 1.82) is 0 Å². The number of amides is 1. The Hall–Kier alpha value is -0.990. The molecule has 8 heteroatoms. The minimum Gasteiger partial charge on any atom is -0.349 e. The van der Waals surface area contributed by atoms with Crippen LogP contribution >= 0.6 is 15.9 Å². The van der Waals surface area contributed by atoms with Gasteiger partial charge < -0.3 is 5.32 Å². The van der Waals surface area contributed by atoms with Crippen LogP contribution in [0.4, 0.5) is 4.39 Å². The van der Waals surface area contributed by atoms with Crippen LogP contribution in [0.5, 0.6) is 0 Å². The molecule has 1 amide bonds. The van der Waals surface area contributed by atoms with Crippen LogP contribution < -0.4 is 10.5 Å². The lowest BCUT2D eigenvalue weighted by Gasteiger charge is -2.13. The van der Waals surface area contributed by atoms with Crippen molar-refractivity contribution in [1.82, 2.24) is 5.32 Å². The summed E-state index contributed by atoms with van der Waals surface area (Å²) < 4.78 is 36.2. The predicted octanol–water partition coefficient (Wildman–Crippen LogP) is 1.76. The maximum atomic E-state index is 13.7. The first-order valence-electron chi connectivity index (χ1n) is 6.03. The van der Waals surface area contributed by atoms with Gasteiger partial charge in [-0.25, -0.2) is 17.9 Å². The highest BCUT2D eigenvalue weighted by atomic mass is 79.9. The number of nitrogens with one attached hydrogen (secondary N) is 1. The van der Waals surface area contributed by atoms with Gasteiger partial charge in [-0.3, -0.25) is 4.79 Å². The van der Waals surface area contributed by atoms with Gasteiger partial charge in [-0.2, -0.15) is 0 Å². The predicted molar refractivity (Wildman–Crippen MR) is 75.1 cm³/mol. The average Bonchev–Trinajstić information content (AvgIpc) is 3.14. The molecule has 0 heterocycles. The van der Waals surface area contributed by atoms with Crippen LogP contribution in [0, 0.1) is 11.7 Å². The normalized spacial score (nSPS) is 16.8. The number of halogens is 2. The highest BCUT2D eigenvalue weighted by Crippen LogP contribution is 2.32. The molecule has 5 nitrogen and oxygen atoms in total. The number of primary sulfonamides is 1. The van der Waals surface area contributed by atoms with Gasteiger partial charge in [-0.05, 0) is 53.7 Å². The fraction of sp³-hybridized carbons (Fsp3) is 0.417. The Morgan fingerprint density at radius 2 is 2.10 bits per heavy atom. The Kier molecular flexibility index (Phi) is 4.17. The zero-order valence-corrected chi connectivity index (χ0v) is 13.1. The standard InChI is InChI=1S/C12H14BrFN2O3S/c1-6(7-2-3-7)16-12(17)8-4-9(14)11(13)10(5-8)20(15,18)19/h4-7H,2-3H2,1H3,(H,16,17)(H2,15,18,19). The Bertz CT molecular complexity index is 659. The van der Waals surface area contributed by atoms with Crippen molar-refractivity contribution in [3.05, 3.63) is 28.0 Å². The molecule has 1 aromatic rings. The van der Waals surface area contributed by atoms with Crippen LogP contribution in [0.15, 0.2) is 21.5 Å². The third kappa shape index (κ3) is 3.36. The first kappa shape index (κ1) is 15.4. The zero-order valence-electron chi connectivity index (χ0n) is 10.7. The van der Waals surface area contributed by atoms with E-state index in [9.17, 15) is 17.6 Å². The molecular weight excluding hydrogens is 351 g/mol. The fourth-order valence-corrected chi connectivity index (χ4v) is 3.45. The first-order valence-corrected chi connectivity index (χ1v) is 8.37. The lowest BCUT2D eigenvalue weighted by molar-refractivity contribution is 0.0935. The van der Waals surface area contributed by atoms with Gasteiger partial charge in [0.05, 0.1) is 9.37 Å². The van der Waals surface area contributed by atoms with Gasteiger partial charge in [0.1, 0.15) is 5.82 Å². The van der Waals surface area contributed by atoms with E-state index in [0.717, 1.165) is 25.0 Å². The van der Waals surface area contributed by atoms with E-state index in [0.29, 0.717) is 5.92 Å². The van der Waals surface area contributed by atoms with Crippen molar-refractivity contribution in [2.24, 2.45) is 11.1 Å². The van der Waals surface area contributed by atoms with Gasteiger partial charge in [0.2, 0.25) is 10.0 Å². The molecule has 1 fully saturated rings. The Morgan fingerprint density at radius 3 is 2.60 bits per heavy atom. The van der Waals surface area contributed by atoms with E-state index in [1.165, 1.54) is 0 Å². The molecular formula is C12H14BrFN2O3S. The number of nitrogens with two attached hydrogens (primary N) is 1. The Labute approximate surface area is 124 Å². The summed E-state index contributed by atoms with van der Waals surface area (Å²) in [7, 11) is -4.11. The summed E-state index contributed by atoms with van der Waals surface area (Å²) in [6.07, 6.45) is 2.11. The molecule has 0 aromatic heterocycles. The molecule has 0 bridgehead atoms. The number of sulfonamides is 1. The highest BCUT2D eigenvalue weighted by molar-refractivity contribution is 9.10. The number of hydrogen-bond acceptors (Lipinski definition) is 3. The summed E-state index contributed by atoms with van der Waals surface area (Å²) in [5.41, 5.74) is -0.0674. The second kappa shape index (κ2) is 5.42. The second-order valence-corrected chi connectivity index (χ2v) is 7.24. The molecule has 110 valence electrons. The molecule has 3 N–H and O–H groups in total. The summed E-state index contributed by atoms with van der Waals surface area (Å²) >= 11 is 2.82. The van der Waals surface area contributed by atoms with Crippen molar-refractivity contribution in [2.75, 3.05) is 0 Å². The molecule has 1 atom stereocenters. The van der Waals surface area contributed by atoms with Crippen molar-refractivity contribution >= 4 is 31.9 Å². The zero-order chi connectivity index (χ0) is 15.1. The van der Waals surface area contributed by atoms with Crippen molar-refractivity contribution in [2.45, 2.75) is 30.7 Å². The van der Waals surface area contributed by atoms with Crippen molar-refractivity contribution < 1.29 is 17.6 Å². The maximum absolute atomic E-state index is 13.7. The van der Waals surface area contributed by atoms with Gasteiger partial charge in [0, 0.05) is 11.6 Å². The van der Waals surface area contributed by atoms with E-state index < -0.39 is 26.6 Å². The lowest BCUT2D eigenvalue weighted by atomic mass is 10.1. The summed E-state index contributed by atoms with van der Waals surface area (Å²) in [5, 5.41) is 7.73. The molecule has 1 aliphatic carbocycles. The minimum atomic E-state index is -4.11. The molecule has 0 saturated heterocycles. The topological polar surface area (TPSA) is 89.3 Å². The monoisotopic (exact) mass is 364 g/mol. The first-order chi connectivity index (χ1) is 9.20. The van der Waals surface area contributed by atoms with E-state index >= 15 is 0 Å². The highest BCUT2D eigenvalue weighted by Gasteiger charge is 2.29. The third-order valence-corrected chi connectivity index (χ3v) is 5.25. The van der Waals surface area contributed by atoms with E-state index in [1.807, 2.05) is 6.92 Å². The molecule has 1 aliphatic rings. The summed E-state index contributed by atoms with van der Waals surface area (Å²) in [5.74, 6) is -0.918. The second-order valence-electron chi connectivity index (χ2n) is 4.91. The fourth-order valence-electron chi connectivity index (χ4n) is 1.91. The summed E-state index contributed by atoms with van der Waals surface area (Å²) in [4.78, 5) is 11.6. The minimum absolute atomic E-state index is 0.0212. The number of benzene rings is 1. The molecule has 1 saturated carbocycles. The van der Waals surface area contributed by atoms with Gasteiger partial charge in [0.25, 0.3) is 5.91 Å². The van der Waals surface area contributed by atoms with Crippen molar-refractivity contribution in [3.63, 3.8) is 0 Å². The van der Waals surface area contributed by atoms with Gasteiger partial charge in [-0.1, -0.05) is 0 Å². The SMILES string of the molecule is CC(NC(=O)c1cc(F)c(Br)c(S(N)(=O)=O)c1)C1CC1. The quantitative estimate of drug-likeness (QED) is 0.852. The largest absolute Gasteiger partial charge is 0.349 e. The number of carbonyl (C=O) groups excluding carboxylic acids is 1. The summed E-state index contributed by atoms with van der Waals surface area (Å²) in [6, 6.07) is 2.03. The van der Waals surface area contributed by atoms with Crippen LogP contribution in [-0.4, -0.2) is 20.4 Å². The molecule has 0 radical (unpaired) electrons. The van der Waals surface area contributed by atoms with Crippen LogP contribution in [-0.2, 0) is 10.0 Å². The Morgan fingerprint density at radius 1 is 1.50 bits per heavy atom. The molecule has 0 aliphatic heterocycles. The van der Waals surface area contributed by atoms with Crippen molar-refractivity contribution in [3.8, 4) is 0 Å². The van der Waals surface area contributed by atoms with Gasteiger partial charge in [-0.15, -0.1) is 0 Å². The third-order valence-electron chi connectivity index (χ3n) is 3.25. The molecule has 0 spiro atoms. The number of carbonyl (C=O) groups is 1. The lowest BCUT2D eigenvalue weighted by Crippen LogP contribution is -2.34. The summed E-state index contributed by atoms with van der Waals surface area (Å²) in [6.45, 7) is 1.87. The smallest absolute Gasteiger partial charge is 0.251 e. The van der Waals surface area contributed by atoms with Crippen LogP contribution in [0.2, 0.25) is 0 Å². The molecule has 1 unspecified atom stereocenters. The van der Waals surface area contributed by atoms with E-state index in [-0.39, 0.29) is 16.1 Å². The average molecular weight is 365 g/mol. The Balaban J connectivity index is 2.32. The van der Waals surface area contributed by atoms with Crippen LogP contribution in [0.25, 0.3) is 0 Å². The van der Waals surface area contributed by atoms with E-state index in [1.54, 1.807) is 0 Å². The number of rotatable bonds is 4. The van der Waals surface area contributed by atoms with E-state index in [2.05, 4.69) is 21.2 Å². The van der Waals surface area contributed by atoms with Gasteiger partial charge in [0.15, 0.2) is 0 Å². The molecule has 2 rings (SSSR count). The molecule has 20 heavy (non-hydrogen) atoms. The van der Waals surface area contributed by atoms with Gasteiger partial charge >= 0.3 is 0 Å². The number of hydrogen-bond donors (Lipinski definition) is 2. The van der Waals surface area contributed by atoms with Crippen LogP contribution in [0.3, 0.4) is 0 Å². The van der Waals surface area contributed by atoms with Crippen LogP contribution in [0.1, 0.15) is 30.1 Å². The molecule has 1 aromatic carbocycles. The maximum Gasteiger partial charge on any atom is 0.251 e.